The molecule has 2 aromatic rings. The lowest BCUT2D eigenvalue weighted by Crippen LogP contribution is -1.94. The van der Waals surface area contributed by atoms with Crippen LogP contribution in [0.4, 0.5) is 17.1 Å². The van der Waals surface area contributed by atoms with E-state index in [2.05, 4.69) is 0 Å². The van der Waals surface area contributed by atoms with Gasteiger partial charge in [-0.2, -0.15) is 0 Å². The van der Waals surface area contributed by atoms with E-state index in [9.17, 15) is 30.3 Å². The van der Waals surface area contributed by atoms with Crippen molar-refractivity contribution in [1.82, 2.24) is 0 Å². The zero-order valence-corrected chi connectivity index (χ0v) is 11.5. The normalized spacial score (nSPS) is 10.6. The summed E-state index contributed by atoms with van der Waals surface area (Å²) in [4.78, 5) is 30.3. The van der Waals surface area contributed by atoms with Crippen LogP contribution in [0.1, 0.15) is 11.1 Å². The topological polar surface area (TPSA) is 129 Å². The number of nitrogens with zero attached hydrogens (tertiary/aromatic N) is 3. The first-order valence-corrected chi connectivity index (χ1v) is 6.24. The van der Waals surface area contributed by atoms with Crippen molar-refractivity contribution in [3.05, 3.63) is 83.9 Å². The summed E-state index contributed by atoms with van der Waals surface area (Å²) in [5.74, 6) is 0. The van der Waals surface area contributed by atoms with Crippen LogP contribution in [-0.2, 0) is 0 Å². The third-order valence-electron chi connectivity index (χ3n) is 2.98. The van der Waals surface area contributed by atoms with E-state index in [0.29, 0.717) is 5.56 Å². The van der Waals surface area contributed by atoms with Crippen molar-refractivity contribution >= 4 is 29.2 Å². The Kier molecular flexibility index (Phi) is 4.41. The SMILES string of the molecule is O=[N+]([O-])c1ccc(/C=C\c2ccc([N+](=O)[O-])cc2[N+](=O)[O-])cc1. The van der Waals surface area contributed by atoms with Crippen LogP contribution in [0.15, 0.2) is 42.5 Å². The highest BCUT2D eigenvalue weighted by Crippen LogP contribution is 2.26. The fourth-order valence-corrected chi connectivity index (χ4v) is 1.84. The summed E-state index contributed by atoms with van der Waals surface area (Å²) in [5, 5.41) is 32.2. The highest BCUT2D eigenvalue weighted by Gasteiger charge is 2.17. The third-order valence-corrected chi connectivity index (χ3v) is 2.98. The van der Waals surface area contributed by atoms with Crippen LogP contribution < -0.4 is 0 Å². The molecular formula is C14H9N3O6. The molecule has 0 aliphatic rings. The van der Waals surface area contributed by atoms with E-state index in [1.54, 1.807) is 0 Å². The molecule has 2 rings (SSSR count). The van der Waals surface area contributed by atoms with Crippen molar-refractivity contribution in [2.24, 2.45) is 0 Å². The molecule has 0 aromatic heterocycles. The summed E-state index contributed by atoms with van der Waals surface area (Å²) in [5.41, 5.74) is -0.0350. The first-order valence-electron chi connectivity index (χ1n) is 6.24. The van der Waals surface area contributed by atoms with Crippen LogP contribution in [0.25, 0.3) is 12.2 Å². The van der Waals surface area contributed by atoms with Crippen LogP contribution in [0.5, 0.6) is 0 Å². The van der Waals surface area contributed by atoms with Gasteiger partial charge in [-0.1, -0.05) is 6.08 Å². The molecule has 9 heteroatoms. The molecule has 0 radical (unpaired) electrons. The summed E-state index contributed by atoms with van der Waals surface area (Å²) in [6, 6.07) is 8.93. The molecular weight excluding hydrogens is 306 g/mol. The molecule has 0 aliphatic heterocycles. The van der Waals surface area contributed by atoms with Gasteiger partial charge < -0.3 is 0 Å². The highest BCUT2D eigenvalue weighted by atomic mass is 16.6. The molecule has 116 valence electrons. The monoisotopic (exact) mass is 315 g/mol. The van der Waals surface area contributed by atoms with Gasteiger partial charge in [0.2, 0.25) is 0 Å². The van der Waals surface area contributed by atoms with Crippen LogP contribution in [-0.4, -0.2) is 14.8 Å². The minimum Gasteiger partial charge on any atom is -0.258 e. The third kappa shape index (κ3) is 3.73. The standard InChI is InChI=1S/C14H9N3O6/c18-15(19)12-6-2-10(3-7-12)1-4-11-5-8-13(16(20)21)9-14(11)17(22)23/h1-9H/b4-1-. The van der Waals surface area contributed by atoms with E-state index in [0.717, 1.165) is 6.07 Å². The molecule has 9 nitrogen and oxygen atoms in total. The zero-order valence-electron chi connectivity index (χ0n) is 11.5. The van der Waals surface area contributed by atoms with Crippen LogP contribution in [0, 0.1) is 30.3 Å². The molecule has 2 aromatic carbocycles. The second-order valence-electron chi connectivity index (χ2n) is 4.44. The number of benzene rings is 2. The van der Waals surface area contributed by atoms with E-state index in [1.807, 2.05) is 0 Å². The number of nitro benzene ring substituents is 3. The van der Waals surface area contributed by atoms with Gasteiger partial charge in [0.25, 0.3) is 17.1 Å². The number of hydrogen-bond donors (Lipinski definition) is 0. The van der Waals surface area contributed by atoms with Gasteiger partial charge in [0.05, 0.1) is 26.4 Å². The quantitative estimate of drug-likeness (QED) is 0.471. The van der Waals surface area contributed by atoms with Crippen molar-refractivity contribution in [2.45, 2.75) is 0 Å². The van der Waals surface area contributed by atoms with Gasteiger partial charge in [-0.3, -0.25) is 30.3 Å². The molecule has 0 aliphatic carbocycles. The lowest BCUT2D eigenvalue weighted by atomic mass is 10.1. The summed E-state index contributed by atoms with van der Waals surface area (Å²) >= 11 is 0. The van der Waals surface area contributed by atoms with E-state index in [1.165, 1.54) is 48.6 Å². The largest absolute Gasteiger partial charge is 0.283 e. The minimum absolute atomic E-state index is 0.0662. The molecule has 0 N–H and O–H groups in total. The maximum absolute atomic E-state index is 11.0. The minimum atomic E-state index is -0.711. The van der Waals surface area contributed by atoms with Gasteiger partial charge >= 0.3 is 0 Å². The zero-order chi connectivity index (χ0) is 17.0. The van der Waals surface area contributed by atoms with E-state index < -0.39 is 20.5 Å². The van der Waals surface area contributed by atoms with Gasteiger partial charge in [-0.25, -0.2) is 0 Å². The Balaban J connectivity index is 2.33. The number of rotatable bonds is 5. The summed E-state index contributed by atoms with van der Waals surface area (Å²) in [6.45, 7) is 0. The molecule has 0 bridgehead atoms. The molecule has 0 heterocycles. The molecule has 0 fully saturated rings. The molecule has 0 unspecified atom stereocenters. The van der Waals surface area contributed by atoms with Gasteiger partial charge in [-0.15, -0.1) is 0 Å². The fraction of sp³-hybridized carbons (Fsp3) is 0. The molecule has 0 saturated carbocycles. The molecule has 23 heavy (non-hydrogen) atoms. The summed E-state index contributed by atoms with van der Waals surface area (Å²) < 4.78 is 0. The predicted molar refractivity (Wildman–Crippen MR) is 81.8 cm³/mol. The first-order chi connectivity index (χ1) is 10.9. The van der Waals surface area contributed by atoms with Gasteiger partial charge in [0.15, 0.2) is 0 Å². The van der Waals surface area contributed by atoms with Crippen molar-refractivity contribution in [1.29, 1.82) is 0 Å². The number of non-ortho nitro benzene ring substituents is 2. The lowest BCUT2D eigenvalue weighted by molar-refractivity contribution is -0.394. The number of hydrogen-bond acceptors (Lipinski definition) is 6. The first kappa shape index (κ1) is 15.8. The lowest BCUT2D eigenvalue weighted by Gasteiger charge is -1.98. The fourth-order valence-electron chi connectivity index (χ4n) is 1.84. The Bertz CT molecular complexity index is 814. The Labute approximate surface area is 128 Å². The van der Waals surface area contributed by atoms with Crippen LogP contribution in [0.2, 0.25) is 0 Å². The molecule has 0 atom stereocenters. The Hall–Kier alpha value is -3.62. The predicted octanol–water partition coefficient (Wildman–Crippen LogP) is 3.58. The van der Waals surface area contributed by atoms with Crippen molar-refractivity contribution in [3.8, 4) is 0 Å². The number of nitro groups is 3. The summed E-state index contributed by atoms with van der Waals surface area (Å²) in [7, 11) is 0. The van der Waals surface area contributed by atoms with E-state index in [-0.39, 0.29) is 16.9 Å². The van der Waals surface area contributed by atoms with Gasteiger partial charge in [-0.05, 0) is 29.8 Å². The molecule has 0 spiro atoms. The van der Waals surface area contributed by atoms with Crippen LogP contribution >= 0.6 is 0 Å². The second kappa shape index (κ2) is 6.43. The Morgan fingerprint density at radius 3 is 1.78 bits per heavy atom. The Morgan fingerprint density at radius 2 is 1.26 bits per heavy atom. The second-order valence-corrected chi connectivity index (χ2v) is 4.44. The van der Waals surface area contributed by atoms with E-state index in [4.69, 9.17) is 0 Å². The average Bonchev–Trinajstić information content (AvgIpc) is 2.52. The maximum atomic E-state index is 11.0. The molecule has 0 amide bonds. The van der Waals surface area contributed by atoms with Crippen molar-refractivity contribution in [2.75, 3.05) is 0 Å². The van der Waals surface area contributed by atoms with Crippen LogP contribution in [0.3, 0.4) is 0 Å². The van der Waals surface area contributed by atoms with Crippen molar-refractivity contribution < 1.29 is 14.8 Å². The van der Waals surface area contributed by atoms with Gasteiger partial charge in [0, 0.05) is 18.2 Å². The maximum Gasteiger partial charge on any atom is 0.283 e. The summed E-state index contributed by atoms with van der Waals surface area (Å²) in [6.07, 6.45) is 2.95. The highest BCUT2D eigenvalue weighted by molar-refractivity contribution is 5.75. The Morgan fingerprint density at radius 1 is 0.696 bits per heavy atom. The van der Waals surface area contributed by atoms with Crippen molar-refractivity contribution in [3.63, 3.8) is 0 Å². The molecule has 0 saturated heterocycles. The smallest absolute Gasteiger partial charge is 0.258 e. The van der Waals surface area contributed by atoms with Gasteiger partial charge in [0.1, 0.15) is 0 Å². The average molecular weight is 315 g/mol. The van der Waals surface area contributed by atoms with E-state index >= 15 is 0 Å².